The lowest BCUT2D eigenvalue weighted by atomic mass is 9.88. The maximum atomic E-state index is 12.9. The van der Waals surface area contributed by atoms with E-state index in [9.17, 15) is 9.59 Å². The predicted octanol–water partition coefficient (Wildman–Crippen LogP) is 3.16. The molecule has 1 aliphatic carbocycles. The molecule has 1 saturated carbocycles. The summed E-state index contributed by atoms with van der Waals surface area (Å²) >= 11 is 0. The highest BCUT2D eigenvalue weighted by molar-refractivity contribution is 5.92. The number of nitriles is 1. The van der Waals surface area contributed by atoms with E-state index in [1.807, 2.05) is 12.1 Å². The molecule has 32 heavy (non-hydrogen) atoms. The summed E-state index contributed by atoms with van der Waals surface area (Å²) in [5.74, 6) is 1.42. The molecule has 0 radical (unpaired) electrons. The summed E-state index contributed by atoms with van der Waals surface area (Å²) in [7, 11) is 0. The van der Waals surface area contributed by atoms with Crippen LogP contribution < -0.4 is 14.8 Å². The number of ether oxygens (including phenoxy) is 2. The molecule has 2 amide bonds. The van der Waals surface area contributed by atoms with Crippen LogP contribution in [0.25, 0.3) is 0 Å². The second kappa shape index (κ2) is 10.2. The summed E-state index contributed by atoms with van der Waals surface area (Å²) < 4.78 is 16.0. The fourth-order valence-electron chi connectivity index (χ4n) is 4.07. The van der Waals surface area contributed by atoms with Crippen LogP contribution in [0.3, 0.4) is 0 Å². The lowest BCUT2D eigenvalue weighted by Gasteiger charge is -2.28. The molecule has 9 heteroatoms. The van der Waals surface area contributed by atoms with Crippen molar-refractivity contribution in [3.63, 3.8) is 0 Å². The van der Waals surface area contributed by atoms with Crippen LogP contribution in [0.1, 0.15) is 60.3 Å². The Kier molecular flexibility index (Phi) is 6.90. The molecule has 168 valence electrons. The minimum absolute atomic E-state index is 0.00478. The molecule has 0 saturated heterocycles. The second-order valence-electron chi connectivity index (χ2n) is 8.05. The van der Waals surface area contributed by atoms with E-state index in [0.717, 1.165) is 37.7 Å². The average molecular weight is 438 g/mol. The van der Waals surface area contributed by atoms with E-state index in [0.29, 0.717) is 30.3 Å². The third-order valence-electron chi connectivity index (χ3n) is 5.79. The first kappa shape index (κ1) is 21.7. The number of carbonyl (C=O) groups is 2. The zero-order valence-corrected chi connectivity index (χ0v) is 17.8. The van der Waals surface area contributed by atoms with Crippen molar-refractivity contribution < 1.29 is 23.6 Å². The van der Waals surface area contributed by atoms with Crippen LogP contribution in [0.2, 0.25) is 0 Å². The van der Waals surface area contributed by atoms with Crippen molar-refractivity contribution in [3.8, 4) is 17.6 Å². The maximum absolute atomic E-state index is 12.9. The van der Waals surface area contributed by atoms with Gasteiger partial charge in [0.25, 0.3) is 5.91 Å². The summed E-state index contributed by atoms with van der Waals surface area (Å²) in [6.45, 7) is 1.02. The molecule has 0 spiro atoms. The van der Waals surface area contributed by atoms with Crippen LogP contribution in [0.15, 0.2) is 28.8 Å². The fraction of sp³-hybridized carbons (Fsp3) is 0.478. The van der Waals surface area contributed by atoms with Crippen LogP contribution in [0.4, 0.5) is 0 Å². The number of carbonyl (C=O) groups excluding carboxylic acids is 2. The zero-order chi connectivity index (χ0) is 22.3. The van der Waals surface area contributed by atoms with E-state index in [1.54, 1.807) is 17.0 Å². The number of nitrogens with zero attached hydrogens (tertiary/aromatic N) is 3. The first-order chi connectivity index (χ1) is 15.6. The molecule has 4 rings (SSSR count). The Morgan fingerprint density at radius 1 is 1.16 bits per heavy atom. The molecular weight excluding hydrogens is 412 g/mol. The molecule has 1 fully saturated rings. The van der Waals surface area contributed by atoms with Gasteiger partial charge in [-0.05, 0) is 30.5 Å². The van der Waals surface area contributed by atoms with Gasteiger partial charge in [0.05, 0.1) is 19.0 Å². The van der Waals surface area contributed by atoms with Gasteiger partial charge in [-0.3, -0.25) is 9.59 Å². The standard InChI is InChI=1S/C23H26N4O5/c24-9-4-10-27(23(29)17-5-2-1-3-6-17)14-18-12-19(26-32-18)22(28)25-13-16-7-8-20-21(11-16)31-15-30-20/h7-8,11-12,17H,1-6,10,13-15H2,(H,25,28). The third kappa shape index (κ3) is 5.19. The normalized spacial score (nSPS) is 15.2. The summed E-state index contributed by atoms with van der Waals surface area (Å²) in [5, 5.41) is 15.6. The van der Waals surface area contributed by atoms with Crippen molar-refractivity contribution in [2.45, 2.75) is 51.6 Å². The Hall–Kier alpha value is -3.54. The highest BCUT2D eigenvalue weighted by atomic mass is 16.7. The topological polar surface area (TPSA) is 118 Å². The van der Waals surface area contributed by atoms with Gasteiger partial charge in [-0.1, -0.05) is 30.5 Å². The maximum Gasteiger partial charge on any atom is 0.273 e. The molecule has 2 aromatic rings. The average Bonchev–Trinajstić information content (AvgIpc) is 3.49. The lowest BCUT2D eigenvalue weighted by molar-refractivity contribution is -0.137. The van der Waals surface area contributed by atoms with E-state index in [1.165, 1.54) is 0 Å². The number of aromatic nitrogens is 1. The smallest absolute Gasteiger partial charge is 0.273 e. The van der Waals surface area contributed by atoms with E-state index in [2.05, 4.69) is 16.5 Å². The Bertz CT molecular complexity index is 1010. The molecule has 1 N–H and O–H groups in total. The van der Waals surface area contributed by atoms with Gasteiger partial charge >= 0.3 is 0 Å². The van der Waals surface area contributed by atoms with Gasteiger partial charge in [-0.2, -0.15) is 5.26 Å². The molecule has 0 atom stereocenters. The number of benzene rings is 1. The molecule has 2 aliphatic rings. The minimum Gasteiger partial charge on any atom is -0.454 e. The number of hydrogen-bond acceptors (Lipinski definition) is 7. The van der Waals surface area contributed by atoms with Crippen LogP contribution in [-0.2, 0) is 17.9 Å². The van der Waals surface area contributed by atoms with Crippen LogP contribution in [0.5, 0.6) is 11.5 Å². The zero-order valence-electron chi connectivity index (χ0n) is 17.8. The lowest BCUT2D eigenvalue weighted by Crippen LogP contribution is -2.37. The van der Waals surface area contributed by atoms with E-state index < -0.39 is 0 Å². The summed E-state index contributed by atoms with van der Waals surface area (Å²) in [6.07, 6.45) is 5.28. The molecule has 1 aromatic heterocycles. The van der Waals surface area contributed by atoms with E-state index in [4.69, 9.17) is 19.3 Å². The van der Waals surface area contributed by atoms with Crippen molar-refractivity contribution >= 4 is 11.8 Å². The largest absolute Gasteiger partial charge is 0.454 e. The minimum atomic E-state index is -0.375. The van der Waals surface area contributed by atoms with Crippen LogP contribution >= 0.6 is 0 Å². The molecule has 1 aliphatic heterocycles. The summed E-state index contributed by atoms with van der Waals surface area (Å²) in [5.41, 5.74) is 1.01. The van der Waals surface area contributed by atoms with Crippen molar-refractivity contribution in [3.05, 3.63) is 41.3 Å². The van der Waals surface area contributed by atoms with Crippen molar-refractivity contribution in [1.29, 1.82) is 5.26 Å². The number of rotatable bonds is 8. The van der Waals surface area contributed by atoms with Gasteiger partial charge in [-0.15, -0.1) is 0 Å². The Balaban J connectivity index is 1.35. The van der Waals surface area contributed by atoms with E-state index in [-0.39, 0.29) is 43.2 Å². The van der Waals surface area contributed by atoms with Gasteiger partial charge in [0.15, 0.2) is 23.0 Å². The molecule has 1 aromatic carbocycles. The molecule has 0 unspecified atom stereocenters. The highest BCUT2D eigenvalue weighted by Crippen LogP contribution is 2.32. The van der Waals surface area contributed by atoms with Gasteiger partial charge in [0.2, 0.25) is 12.7 Å². The number of amides is 2. The number of fused-ring (bicyclic) bond motifs is 1. The monoisotopic (exact) mass is 438 g/mol. The fourth-order valence-corrected chi connectivity index (χ4v) is 4.07. The van der Waals surface area contributed by atoms with Gasteiger partial charge in [0.1, 0.15) is 0 Å². The van der Waals surface area contributed by atoms with Crippen molar-refractivity contribution in [2.75, 3.05) is 13.3 Å². The Morgan fingerprint density at radius 2 is 1.97 bits per heavy atom. The molecule has 2 heterocycles. The quantitative estimate of drug-likeness (QED) is 0.673. The Labute approximate surface area is 186 Å². The van der Waals surface area contributed by atoms with E-state index >= 15 is 0 Å². The van der Waals surface area contributed by atoms with Gasteiger partial charge in [0, 0.05) is 25.1 Å². The Morgan fingerprint density at radius 3 is 2.78 bits per heavy atom. The van der Waals surface area contributed by atoms with Gasteiger partial charge < -0.3 is 24.2 Å². The van der Waals surface area contributed by atoms with Crippen molar-refractivity contribution in [2.24, 2.45) is 5.92 Å². The molecule has 9 nitrogen and oxygen atoms in total. The van der Waals surface area contributed by atoms with Crippen LogP contribution in [-0.4, -0.2) is 35.2 Å². The van der Waals surface area contributed by atoms with Gasteiger partial charge in [-0.25, -0.2) is 0 Å². The first-order valence-corrected chi connectivity index (χ1v) is 10.9. The molecule has 0 bridgehead atoms. The summed E-state index contributed by atoms with van der Waals surface area (Å²) in [6, 6.07) is 9.11. The number of hydrogen-bond donors (Lipinski definition) is 1. The molecular formula is C23H26N4O5. The number of nitrogens with one attached hydrogen (secondary N) is 1. The SMILES string of the molecule is N#CCCN(Cc1cc(C(=O)NCc2ccc3c(c2)OCO3)no1)C(=O)C1CCCCC1. The highest BCUT2D eigenvalue weighted by Gasteiger charge is 2.27. The summed E-state index contributed by atoms with van der Waals surface area (Å²) in [4.78, 5) is 27.1. The second-order valence-corrected chi connectivity index (χ2v) is 8.05. The third-order valence-corrected chi connectivity index (χ3v) is 5.79. The first-order valence-electron chi connectivity index (χ1n) is 10.9. The van der Waals surface area contributed by atoms with Crippen LogP contribution in [0, 0.1) is 17.2 Å². The predicted molar refractivity (Wildman–Crippen MR) is 112 cm³/mol. The van der Waals surface area contributed by atoms with Crippen molar-refractivity contribution in [1.82, 2.24) is 15.4 Å².